The molecule has 10 heteroatoms. The van der Waals surface area contributed by atoms with Crippen molar-refractivity contribution in [2.24, 2.45) is 0 Å². The zero-order valence-electron chi connectivity index (χ0n) is 17.1. The maximum atomic E-state index is 13.2. The van der Waals surface area contributed by atoms with E-state index < -0.39 is 0 Å². The number of thioether (sulfide) groups is 1. The lowest BCUT2D eigenvalue weighted by Gasteiger charge is -2.14. The highest BCUT2D eigenvalue weighted by atomic mass is 32.2. The van der Waals surface area contributed by atoms with Gasteiger partial charge in [0.1, 0.15) is 15.8 Å². The summed E-state index contributed by atoms with van der Waals surface area (Å²) in [6, 6.07) is 3.69. The van der Waals surface area contributed by atoms with E-state index in [1.165, 1.54) is 16.2 Å². The largest absolute Gasteiger partial charge is 0.385 e. The Kier molecular flexibility index (Phi) is 7.59. The minimum absolute atomic E-state index is 0.210. The first-order valence-electron chi connectivity index (χ1n) is 9.47. The lowest BCUT2D eigenvalue weighted by atomic mass is 10.2. The topological polar surface area (TPSA) is 85.2 Å². The van der Waals surface area contributed by atoms with E-state index in [0.29, 0.717) is 59.0 Å². The quantitative estimate of drug-likeness (QED) is 0.355. The van der Waals surface area contributed by atoms with Gasteiger partial charge in [-0.05, 0) is 31.1 Å². The second-order valence-corrected chi connectivity index (χ2v) is 8.34. The molecule has 1 aliphatic heterocycles. The van der Waals surface area contributed by atoms with E-state index in [0.717, 1.165) is 5.56 Å². The van der Waals surface area contributed by atoms with Crippen LogP contribution in [0.2, 0.25) is 0 Å². The Morgan fingerprint density at radius 2 is 2.03 bits per heavy atom. The smallest absolute Gasteiger partial charge is 0.267 e. The molecule has 0 unspecified atom stereocenters. The van der Waals surface area contributed by atoms with Crippen molar-refractivity contribution in [1.29, 1.82) is 0 Å². The summed E-state index contributed by atoms with van der Waals surface area (Å²) in [7, 11) is 3.22. The number of amides is 1. The fourth-order valence-corrected chi connectivity index (χ4v) is 4.33. The van der Waals surface area contributed by atoms with Gasteiger partial charge < -0.3 is 14.8 Å². The van der Waals surface area contributed by atoms with Crippen LogP contribution in [0.25, 0.3) is 11.7 Å². The van der Waals surface area contributed by atoms with Crippen molar-refractivity contribution < 1.29 is 14.3 Å². The molecule has 0 aliphatic carbocycles. The van der Waals surface area contributed by atoms with E-state index in [4.69, 9.17) is 21.7 Å². The zero-order chi connectivity index (χ0) is 21.7. The second kappa shape index (κ2) is 10.2. The Labute approximate surface area is 184 Å². The Morgan fingerprint density at radius 3 is 2.77 bits per heavy atom. The van der Waals surface area contributed by atoms with Gasteiger partial charge in [-0.2, -0.15) is 0 Å². The molecule has 2 aromatic heterocycles. The van der Waals surface area contributed by atoms with Gasteiger partial charge in [-0.15, -0.1) is 0 Å². The summed E-state index contributed by atoms with van der Waals surface area (Å²) in [5, 5.41) is 3.15. The van der Waals surface area contributed by atoms with Crippen molar-refractivity contribution >= 4 is 51.7 Å². The Morgan fingerprint density at radius 1 is 1.27 bits per heavy atom. The standard InChI is InChI=1S/C20H24N4O4S2/c1-13-6-4-8-23-17(13)22-16(21-7-11-28-3)14(18(23)25)12-15-19(26)24(20(29)30-15)9-5-10-27-2/h4,6,8,12,21H,5,7,9-11H2,1-3H3. The lowest BCUT2D eigenvalue weighted by Crippen LogP contribution is -2.29. The molecule has 160 valence electrons. The molecule has 1 saturated heterocycles. The predicted octanol–water partition coefficient (Wildman–Crippen LogP) is 2.30. The second-order valence-electron chi connectivity index (χ2n) is 6.66. The first-order chi connectivity index (χ1) is 14.5. The third-order valence-corrected chi connectivity index (χ3v) is 5.94. The highest BCUT2D eigenvalue weighted by molar-refractivity contribution is 8.26. The van der Waals surface area contributed by atoms with Gasteiger partial charge in [0, 0.05) is 40.1 Å². The van der Waals surface area contributed by atoms with Gasteiger partial charge in [-0.3, -0.25) is 18.9 Å². The molecule has 30 heavy (non-hydrogen) atoms. The monoisotopic (exact) mass is 448 g/mol. The molecule has 0 bridgehead atoms. The first-order valence-corrected chi connectivity index (χ1v) is 10.7. The van der Waals surface area contributed by atoms with E-state index >= 15 is 0 Å². The van der Waals surface area contributed by atoms with Gasteiger partial charge >= 0.3 is 0 Å². The number of hydrogen-bond acceptors (Lipinski definition) is 8. The number of nitrogens with zero attached hydrogens (tertiary/aromatic N) is 3. The van der Waals surface area contributed by atoms with E-state index in [-0.39, 0.29) is 11.5 Å². The summed E-state index contributed by atoms with van der Waals surface area (Å²) in [6.45, 7) is 3.84. The molecule has 0 radical (unpaired) electrons. The van der Waals surface area contributed by atoms with Crippen molar-refractivity contribution in [3.8, 4) is 0 Å². The fourth-order valence-electron chi connectivity index (χ4n) is 3.04. The minimum Gasteiger partial charge on any atom is -0.385 e. The van der Waals surface area contributed by atoms with E-state index in [2.05, 4.69) is 10.3 Å². The number of rotatable bonds is 9. The van der Waals surface area contributed by atoms with Gasteiger partial charge in [0.05, 0.1) is 17.1 Å². The average molecular weight is 449 g/mol. The number of methoxy groups -OCH3 is 2. The van der Waals surface area contributed by atoms with Gasteiger partial charge in [0.15, 0.2) is 0 Å². The summed E-state index contributed by atoms with van der Waals surface area (Å²) in [6.07, 6.45) is 3.93. The normalized spacial score (nSPS) is 15.6. The van der Waals surface area contributed by atoms with Crippen LogP contribution in [0, 0.1) is 6.92 Å². The number of anilines is 1. The van der Waals surface area contributed by atoms with Crippen molar-refractivity contribution in [2.75, 3.05) is 45.8 Å². The number of aromatic nitrogens is 2. The maximum Gasteiger partial charge on any atom is 0.267 e. The summed E-state index contributed by atoms with van der Waals surface area (Å²) in [5.74, 6) is 0.202. The van der Waals surface area contributed by atoms with E-state index in [1.807, 2.05) is 13.0 Å². The van der Waals surface area contributed by atoms with E-state index in [1.54, 1.807) is 37.5 Å². The molecule has 0 atom stereocenters. The Hall–Kier alpha value is -2.27. The highest BCUT2D eigenvalue weighted by Crippen LogP contribution is 2.33. The molecule has 1 fully saturated rings. The predicted molar refractivity (Wildman–Crippen MR) is 123 cm³/mol. The number of thiocarbonyl (C=S) groups is 1. The number of hydrogen-bond donors (Lipinski definition) is 1. The van der Waals surface area contributed by atoms with Crippen LogP contribution < -0.4 is 10.9 Å². The lowest BCUT2D eigenvalue weighted by molar-refractivity contribution is -0.122. The SMILES string of the molecule is COCCCN1C(=O)C(=Cc2c(NCCOC)nc3c(C)cccn3c2=O)SC1=S. The van der Waals surface area contributed by atoms with Gasteiger partial charge in [0.25, 0.3) is 11.5 Å². The number of pyridine rings is 1. The van der Waals surface area contributed by atoms with Crippen LogP contribution in [0.3, 0.4) is 0 Å². The molecule has 3 rings (SSSR count). The van der Waals surface area contributed by atoms with Crippen LogP contribution in [0.15, 0.2) is 28.0 Å². The number of carbonyl (C=O) groups is 1. The molecule has 3 heterocycles. The number of ether oxygens (including phenoxy) is 2. The number of carbonyl (C=O) groups excluding carboxylic acids is 1. The summed E-state index contributed by atoms with van der Waals surface area (Å²) < 4.78 is 12.1. The molecule has 1 amide bonds. The summed E-state index contributed by atoms with van der Waals surface area (Å²) >= 11 is 6.55. The fraction of sp³-hybridized carbons (Fsp3) is 0.400. The molecular formula is C20H24N4O4S2. The average Bonchev–Trinajstić information content (AvgIpc) is 2.99. The number of nitrogens with one attached hydrogen (secondary N) is 1. The highest BCUT2D eigenvalue weighted by Gasteiger charge is 2.32. The molecule has 2 aromatic rings. The molecule has 8 nitrogen and oxygen atoms in total. The Bertz CT molecular complexity index is 1050. The summed E-state index contributed by atoms with van der Waals surface area (Å²) in [5.41, 5.74) is 1.49. The van der Waals surface area contributed by atoms with Crippen LogP contribution in [0.1, 0.15) is 17.5 Å². The number of fused-ring (bicyclic) bond motifs is 1. The summed E-state index contributed by atoms with van der Waals surface area (Å²) in [4.78, 5) is 32.7. The third-order valence-electron chi connectivity index (χ3n) is 4.56. The van der Waals surface area contributed by atoms with Crippen LogP contribution in [-0.2, 0) is 14.3 Å². The third kappa shape index (κ3) is 4.72. The van der Waals surface area contributed by atoms with Crippen molar-refractivity contribution in [3.05, 3.63) is 44.7 Å². The van der Waals surface area contributed by atoms with E-state index in [9.17, 15) is 9.59 Å². The molecule has 0 aromatic carbocycles. The van der Waals surface area contributed by atoms with Crippen LogP contribution in [0.5, 0.6) is 0 Å². The first kappa shape index (κ1) is 22.4. The molecule has 0 spiro atoms. The van der Waals surface area contributed by atoms with Gasteiger partial charge in [-0.1, -0.05) is 30.0 Å². The van der Waals surface area contributed by atoms with Gasteiger partial charge in [-0.25, -0.2) is 4.98 Å². The number of aryl methyl sites for hydroxylation is 1. The van der Waals surface area contributed by atoms with Crippen LogP contribution in [-0.4, -0.2) is 65.0 Å². The van der Waals surface area contributed by atoms with Crippen molar-refractivity contribution in [1.82, 2.24) is 14.3 Å². The van der Waals surface area contributed by atoms with Crippen LogP contribution in [0.4, 0.5) is 5.82 Å². The molecular weight excluding hydrogens is 424 g/mol. The molecule has 1 N–H and O–H groups in total. The molecule has 0 saturated carbocycles. The zero-order valence-corrected chi connectivity index (χ0v) is 18.8. The minimum atomic E-state index is -0.256. The Balaban J connectivity index is 2.02. The van der Waals surface area contributed by atoms with Gasteiger partial charge in [0.2, 0.25) is 0 Å². The van der Waals surface area contributed by atoms with Crippen LogP contribution >= 0.6 is 24.0 Å². The van der Waals surface area contributed by atoms with Crippen molar-refractivity contribution in [2.45, 2.75) is 13.3 Å². The maximum absolute atomic E-state index is 13.2. The molecule has 1 aliphatic rings. The van der Waals surface area contributed by atoms with Crippen molar-refractivity contribution in [3.63, 3.8) is 0 Å².